The van der Waals surface area contributed by atoms with Gasteiger partial charge in [-0.15, -0.1) is 0 Å². The largest absolute Gasteiger partial charge is 0.493 e. The standard InChI is InChI=1S/C28H32N4O4/c1-6-14-35-23-13-12-20(15-18(23)4)25-22(16-32(31-25)21-10-8-7-9-11-21)26-24(27(33)36-17(2)3)19(5)29-28(34)30-26/h7-13,15-17,26H,6,14H2,1-5H3,(H2,29,30,34). The number of hydrogen-bond donors (Lipinski definition) is 2. The number of rotatable bonds is 8. The molecule has 3 aromatic rings. The number of para-hydroxylation sites is 1. The van der Waals surface area contributed by atoms with Crippen molar-refractivity contribution in [2.45, 2.75) is 53.2 Å². The number of benzene rings is 2. The first-order valence-corrected chi connectivity index (χ1v) is 12.2. The summed E-state index contributed by atoms with van der Waals surface area (Å²) in [5.41, 5.74) is 4.81. The number of urea groups is 1. The highest BCUT2D eigenvalue weighted by molar-refractivity contribution is 5.95. The average molecular weight is 489 g/mol. The van der Waals surface area contributed by atoms with Crippen LogP contribution in [0.25, 0.3) is 16.9 Å². The quantitative estimate of drug-likeness (QED) is 0.424. The number of carbonyl (C=O) groups is 2. The van der Waals surface area contributed by atoms with Gasteiger partial charge >= 0.3 is 12.0 Å². The molecule has 0 bridgehead atoms. The Morgan fingerprint density at radius 1 is 1.14 bits per heavy atom. The van der Waals surface area contributed by atoms with Crippen LogP contribution in [0.15, 0.2) is 66.0 Å². The first-order valence-electron chi connectivity index (χ1n) is 12.2. The lowest BCUT2D eigenvalue weighted by Crippen LogP contribution is -2.45. The minimum absolute atomic E-state index is 0.305. The van der Waals surface area contributed by atoms with Crippen LogP contribution in [0.1, 0.15) is 51.3 Å². The van der Waals surface area contributed by atoms with Crippen LogP contribution in [-0.4, -0.2) is 34.5 Å². The van der Waals surface area contributed by atoms with Gasteiger partial charge < -0.3 is 20.1 Å². The van der Waals surface area contributed by atoms with Crippen LogP contribution < -0.4 is 15.4 Å². The zero-order valence-electron chi connectivity index (χ0n) is 21.3. The normalized spacial score (nSPS) is 15.5. The van der Waals surface area contributed by atoms with Crippen LogP contribution in [0.4, 0.5) is 4.79 Å². The van der Waals surface area contributed by atoms with Crippen LogP contribution in [-0.2, 0) is 9.53 Å². The third kappa shape index (κ3) is 5.27. The summed E-state index contributed by atoms with van der Waals surface area (Å²) in [6.45, 7) is 9.98. The van der Waals surface area contributed by atoms with Gasteiger partial charge in [0.05, 0.1) is 35.7 Å². The van der Waals surface area contributed by atoms with Gasteiger partial charge in [0.2, 0.25) is 0 Å². The third-order valence-corrected chi connectivity index (χ3v) is 5.82. The van der Waals surface area contributed by atoms with Crippen molar-refractivity contribution in [3.63, 3.8) is 0 Å². The minimum atomic E-state index is -0.742. The molecule has 0 saturated heterocycles. The molecule has 1 atom stereocenters. The molecule has 1 aromatic heterocycles. The van der Waals surface area contributed by atoms with Gasteiger partial charge in [-0.05, 0) is 70.0 Å². The summed E-state index contributed by atoms with van der Waals surface area (Å²) in [5.74, 6) is 0.328. The second kappa shape index (κ2) is 10.7. The van der Waals surface area contributed by atoms with Crippen molar-refractivity contribution in [1.82, 2.24) is 20.4 Å². The van der Waals surface area contributed by atoms with Crippen LogP contribution >= 0.6 is 0 Å². The summed E-state index contributed by atoms with van der Waals surface area (Å²) in [4.78, 5) is 25.6. The maximum Gasteiger partial charge on any atom is 0.338 e. The molecular weight excluding hydrogens is 456 g/mol. The molecule has 8 heteroatoms. The molecule has 0 spiro atoms. The molecule has 1 aliphatic heterocycles. The molecule has 2 heterocycles. The van der Waals surface area contributed by atoms with Crippen molar-refractivity contribution in [2.24, 2.45) is 0 Å². The molecule has 0 fully saturated rings. The monoisotopic (exact) mass is 488 g/mol. The zero-order valence-corrected chi connectivity index (χ0v) is 21.3. The number of aromatic nitrogens is 2. The Morgan fingerprint density at radius 2 is 1.89 bits per heavy atom. The molecule has 36 heavy (non-hydrogen) atoms. The van der Waals surface area contributed by atoms with E-state index < -0.39 is 18.0 Å². The molecule has 0 radical (unpaired) electrons. The summed E-state index contributed by atoms with van der Waals surface area (Å²) in [7, 11) is 0. The molecule has 188 valence electrons. The summed E-state index contributed by atoms with van der Waals surface area (Å²) >= 11 is 0. The van der Waals surface area contributed by atoms with E-state index in [9.17, 15) is 9.59 Å². The van der Waals surface area contributed by atoms with Crippen LogP contribution in [0.2, 0.25) is 0 Å². The number of esters is 1. The first kappa shape index (κ1) is 25.0. The van der Waals surface area contributed by atoms with E-state index in [4.69, 9.17) is 14.6 Å². The summed E-state index contributed by atoms with van der Waals surface area (Å²) in [6, 6.07) is 14.5. The molecule has 2 N–H and O–H groups in total. The van der Waals surface area contributed by atoms with E-state index in [1.54, 1.807) is 25.5 Å². The Bertz CT molecular complexity index is 1290. The second-order valence-corrected chi connectivity index (χ2v) is 9.07. The van der Waals surface area contributed by atoms with Crippen molar-refractivity contribution < 1.29 is 19.1 Å². The Kier molecular flexibility index (Phi) is 7.43. The van der Waals surface area contributed by atoms with Gasteiger partial charge in [-0.1, -0.05) is 25.1 Å². The highest BCUT2D eigenvalue weighted by Crippen LogP contribution is 2.36. The first-order chi connectivity index (χ1) is 17.3. The number of aryl methyl sites for hydroxylation is 1. The van der Waals surface area contributed by atoms with Crippen LogP contribution in [0, 0.1) is 6.92 Å². The van der Waals surface area contributed by atoms with Gasteiger partial charge in [0.15, 0.2) is 0 Å². The van der Waals surface area contributed by atoms with Gasteiger partial charge in [0, 0.05) is 23.0 Å². The molecule has 2 amide bonds. The molecule has 4 rings (SSSR count). The van der Waals surface area contributed by atoms with E-state index in [1.165, 1.54) is 0 Å². The number of allylic oxidation sites excluding steroid dienone is 1. The van der Waals surface area contributed by atoms with Gasteiger partial charge in [0.25, 0.3) is 0 Å². The smallest absolute Gasteiger partial charge is 0.338 e. The van der Waals surface area contributed by atoms with Crippen LogP contribution in [0.5, 0.6) is 5.75 Å². The Balaban J connectivity index is 1.86. The Labute approximate surface area is 211 Å². The predicted octanol–water partition coefficient (Wildman–Crippen LogP) is 5.22. The van der Waals surface area contributed by atoms with Crippen molar-refractivity contribution in [2.75, 3.05) is 6.61 Å². The number of nitrogens with zero attached hydrogens (tertiary/aromatic N) is 2. The van der Waals surface area contributed by atoms with Crippen molar-refractivity contribution in [3.05, 3.63) is 77.1 Å². The van der Waals surface area contributed by atoms with E-state index in [0.29, 0.717) is 29.1 Å². The Morgan fingerprint density at radius 3 is 2.56 bits per heavy atom. The summed E-state index contributed by atoms with van der Waals surface area (Å²) < 4.78 is 13.1. The van der Waals surface area contributed by atoms with E-state index in [2.05, 4.69) is 17.6 Å². The summed E-state index contributed by atoms with van der Waals surface area (Å²) in [5, 5.41) is 10.5. The highest BCUT2D eigenvalue weighted by atomic mass is 16.5. The van der Waals surface area contributed by atoms with Crippen molar-refractivity contribution >= 4 is 12.0 Å². The number of ether oxygens (including phenoxy) is 2. The van der Waals surface area contributed by atoms with Crippen molar-refractivity contribution in [3.8, 4) is 22.7 Å². The molecular formula is C28H32N4O4. The molecule has 1 aliphatic rings. The summed E-state index contributed by atoms with van der Waals surface area (Å²) in [6.07, 6.45) is 2.47. The lowest BCUT2D eigenvalue weighted by molar-refractivity contribution is -0.143. The minimum Gasteiger partial charge on any atom is -0.493 e. The lowest BCUT2D eigenvalue weighted by Gasteiger charge is -2.28. The number of carbonyl (C=O) groups excluding carboxylic acids is 2. The zero-order chi connectivity index (χ0) is 25.8. The van der Waals surface area contributed by atoms with E-state index in [1.807, 2.05) is 61.7 Å². The fourth-order valence-corrected chi connectivity index (χ4v) is 4.18. The van der Waals surface area contributed by atoms with Gasteiger partial charge in [-0.2, -0.15) is 5.10 Å². The fraction of sp³-hybridized carbons (Fsp3) is 0.321. The highest BCUT2D eigenvalue weighted by Gasteiger charge is 2.35. The topological polar surface area (TPSA) is 94.5 Å². The third-order valence-electron chi connectivity index (χ3n) is 5.82. The van der Waals surface area contributed by atoms with Gasteiger partial charge in [0.1, 0.15) is 5.75 Å². The molecule has 2 aromatic carbocycles. The van der Waals surface area contributed by atoms with E-state index in [0.717, 1.165) is 29.0 Å². The number of amides is 2. The molecule has 0 saturated carbocycles. The lowest BCUT2D eigenvalue weighted by atomic mass is 9.93. The fourth-order valence-electron chi connectivity index (χ4n) is 4.18. The maximum atomic E-state index is 13.1. The predicted molar refractivity (Wildman–Crippen MR) is 138 cm³/mol. The number of nitrogens with one attached hydrogen (secondary N) is 2. The van der Waals surface area contributed by atoms with Crippen molar-refractivity contribution in [1.29, 1.82) is 0 Å². The number of hydrogen-bond acceptors (Lipinski definition) is 5. The Hall–Kier alpha value is -4.07. The van der Waals surface area contributed by atoms with Gasteiger partial charge in [-0.25, -0.2) is 14.3 Å². The van der Waals surface area contributed by atoms with E-state index >= 15 is 0 Å². The van der Waals surface area contributed by atoms with E-state index in [-0.39, 0.29) is 6.10 Å². The SMILES string of the molecule is CCCOc1ccc(-c2nn(-c3ccccc3)cc2C2NC(=O)NC(C)=C2C(=O)OC(C)C)cc1C. The molecule has 8 nitrogen and oxygen atoms in total. The second-order valence-electron chi connectivity index (χ2n) is 9.07. The van der Waals surface area contributed by atoms with Crippen LogP contribution in [0.3, 0.4) is 0 Å². The molecule has 1 unspecified atom stereocenters. The average Bonchev–Trinajstić information content (AvgIpc) is 3.28. The van der Waals surface area contributed by atoms with Gasteiger partial charge in [-0.3, -0.25) is 0 Å². The molecule has 0 aliphatic carbocycles. The maximum absolute atomic E-state index is 13.1.